The zero-order valence-corrected chi connectivity index (χ0v) is 57.8. The molecule has 22 heteroatoms. The summed E-state index contributed by atoms with van der Waals surface area (Å²) in [6.07, 6.45) is 17.8. The van der Waals surface area contributed by atoms with Crippen molar-refractivity contribution in [1.82, 2.24) is 8.75 Å². The van der Waals surface area contributed by atoms with Crippen molar-refractivity contribution in [3.05, 3.63) is 60.7 Å². The summed E-state index contributed by atoms with van der Waals surface area (Å²) in [5.41, 5.74) is 6.47. The van der Waals surface area contributed by atoms with Gasteiger partial charge in [-0.1, -0.05) is 127 Å². The van der Waals surface area contributed by atoms with Gasteiger partial charge in [-0.3, -0.25) is 0 Å². The molecule has 3 aliphatic rings. The van der Waals surface area contributed by atoms with Gasteiger partial charge in [-0.2, -0.15) is 17.5 Å². The Labute approximate surface area is 549 Å². The monoisotopic (exact) mass is 1500 g/mol. The summed E-state index contributed by atoms with van der Waals surface area (Å²) in [4.78, 5) is 7.90. The lowest BCUT2D eigenvalue weighted by Crippen LogP contribution is -2.15. The van der Waals surface area contributed by atoms with Crippen molar-refractivity contribution in [2.24, 2.45) is 8.73 Å². The molecule has 0 bridgehead atoms. The fraction of sp³-hybridized carbons (Fsp3) is 0.452. The molecule has 3 aliphatic heterocycles. The average molecular weight is 1510 g/mol. The van der Waals surface area contributed by atoms with Gasteiger partial charge >= 0.3 is 0 Å². The molecule has 0 saturated carbocycles. The number of hydrogen-bond acceptors (Lipinski definition) is 17. The molecule has 0 aliphatic carbocycles. The summed E-state index contributed by atoms with van der Waals surface area (Å²) in [5, 5.41) is 4.10. The van der Waals surface area contributed by atoms with E-state index in [4.69, 9.17) is 55.4 Å². The molecule has 0 fully saturated rings. The number of halogens is 4. The normalized spacial score (nSPS) is 13.2. The van der Waals surface area contributed by atoms with E-state index in [1.54, 1.807) is 45.3 Å². The molecule has 0 N–H and O–H groups in total. The van der Waals surface area contributed by atoms with Crippen LogP contribution >= 0.6 is 121 Å². The van der Waals surface area contributed by atoms with E-state index in [0.717, 1.165) is 183 Å². The second-order valence-corrected chi connectivity index (χ2v) is 28.7. The number of alkyl halides is 4. The number of thiophene rings is 4. The van der Waals surface area contributed by atoms with E-state index >= 15 is 0 Å². The zero-order chi connectivity index (χ0) is 57.5. The van der Waals surface area contributed by atoms with Gasteiger partial charge in [-0.25, -0.2) is 0 Å². The van der Waals surface area contributed by atoms with Crippen LogP contribution in [0.25, 0.3) is 72.3 Å². The third-order valence-corrected chi connectivity index (χ3v) is 22.7. The predicted octanol–water partition coefficient (Wildman–Crippen LogP) is 21.5. The Morgan fingerprint density at radius 3 is 1.02 bits per heavy atom. The molecular weight excluding hydrogens is 1440 g/mol. The van der Waals surface area contributed by atoms with E-state index in [9.17, 15) is 0 Å². The lowest BCUT2D eigenvalue weighted by Gasteiger charge is -2.19. The van der Waals surface area contributed by atoms with Crippen molar-refractivity contribution in [1.29, 1.82) is 0 Å². The Morgan fingerprint density at radius 2 is 0.679 bits per heavy atom. The van der Waals surface area contributed by atoms with Crippen LogP contribution in [0.4, 0.5) is 11.4 Å². The van der Waals surface area contributed by atoms with E-state index in [2.05, 4.69) is 112 Å². The van der Waals surface area contributed by atoms with Gasteiger partial charge in [0, 0.05) is 40.8 Å². The smallest absolute Gasteiger partial charge is 0.181 e. The summed E-state index contributed by atoms with van der Waals surface area (Å²) in [5.74, 6) is 6.11. The van der Waals surface area contributed by atoms with Gasteiger partial charge in [-0.05, 0) is 99.9 Å². The molecule has 84 heavy (non-hydrogen) atoms. The standard InChI is InChI=1S/C62H66Br4N4O8S6/c63-27-9-1-5-13-31-71-39-19-17-20-40(72-32-14-6-2-10-28-64)47(39)43-23-25-45(79-43)59-55-57(77-37-35-75-55)61(81-59)49-51-53(69-83-67-51)50(54-52(49)68-84-70-54)62-58-56(76-36-38-78-58)60(82-62)46-26-24-44(80-46)48-41(73-33-15-7-3-11-29-65)21-18-22-42(48)74-34-16-8-4-12-30-66/h17-26H,1-16,27-38H2. The maximum absolute atomic E-state index is 6.62. The molecule has 0 atom stereocenters. The molecule has 8 aromatic rings. The predicted molar refractivity (Wildman–Crippen MR) is 366 cm³/mol. The topological polar surface area (TPSA) is 124 Å². The summed E-state index contributed by atoms with van der Waals surface area (Å²) in [6, 6.07) is 21.1. The number of ether oxygens (including phenoxy) is 8. The molecule has 8 heterocycles. The number of hydrogen-bond donors (Lipinski definition) is 0. The first-order valence-electron chi connectivity index (χ1n) is 29.1. The minimum absolute atomic E-state index is 0.410. The van der Waals surface area contributed by atoms with E-state index < -0.39 is 0 Å². The van der Waals surface area contributed by atoms with Crippen LogP contribution in [0.5, 0.6) is 46.0 Å². The van der Waals surface area contributed by atoms with Gasteiger partial charge < -0.3 is 37.9 Å². The first-order valence-corrected chi connectivity index (χ1v) is 38.3. The molecule has 0 radical (unpaired) electrons. The highest BCUT2D eigenvalue weighted by Crippen LogP contribution is 2.64. The molecule has 11 rings (SSSR count). The zero-order valence-electron chi connectivity index (χ0n) is 46.6. The number of nitrogens with zero attached hydrogens (tertiary/aromatic N) is 4. The van der Waals surface area contributed by atoms with Crippen LogP contribution in [-0.2, 0) is 11.4 Å². The third kappa shape index (κ3) is 14.4. The van der Waals surface area contributed by atoms with Gasteiger partial charge in [0.2, 0.25) is 0 Å². The van der Waals surface area contributed by atoms with E-state index in [0.29, 0.717) is 98.3 Å². The largest absolute Gasteiger partial charge is 0.493 e. The average Bonchev–Trinajstić information content (AvgIpc) is 2.12. The van der Waals surface area contributed by atoms with Crippen LogP contribution in [0, 0.1) is 0 Å². The third-order valence-electron chi connectivity index (χ3n) is 14.4. The lowest BCUT2D eigenvalue weighted by molar-refractivity contribution is 0.175. The Bertz CT molecular complexity index is 3270. The van der Waals surface area contributed by atoms with Crippen molar-refractivity contribution in [2.75, 3.05) is 74.2 Å². The minimum atomic E-state index is 0.410. The Morgan fingerprint density at radius 1 is 0.357 bits per heavy atom. The fourth-order valence-corrected chi connectivity index (χ4v) is 17.9. The van der Waals surface area contributed by atoms with Crippen molar-refractivity contribution in [3.8, 4) is 107 Å². The van der Waals surface area contributed by atoms with Crippen molar-refractivity contribution in [3.63, 3.8) is 0 Å². The van der Waals surface area contributed by atoms with Gasteiger partial charge in [0.15, 0.2) is 23.0 Å². The summed E-state index contributed by atoms with van der Waals surface area (Å²) in [7, 11) is 0. The second-order valence-electron chi connectivity index (χ2n) is 20.3. The number of aromatic nitrogens is 2. The van der Waals surface area contributed by atoms with Gasteiger partial charge in [0.05, 0.1) is 91.3 Å². The molecule has 446 valence electrons. The van der Waals surface area contributed by atoms with Crippen LogP contribution in [0.1, 0.15) is 103 Å². The van der Waals surface area contributed by atoms with E-state index in [-0.39, 0.29) is 0 Å². The molecule has 0 spiro atoms. The van der Waals surface area contributed by atoms with Gasteiger partial charge in [0.1, 0.15) is 71.8 Å². The summed E-state index contributed by atoms with van der Waals surface area (Å²) in [6.45, 7) is 4.24. The number of fused-ring (bicyclic) bond motifs is 4. The molecule has 0 amide bonds. The van der Waals surface area contributed by atoms with Crippen LogP contribution in [0.3, 0.4) is 0 Å². The molecule has 5 aromatic heterocycles. The highest BCUT2D eigenvalue weighted by Gasteiger charge is 2.37. The quantitative estimate of drug-likeness (QED) is 0.0284. The maximum Gasteiger partial charge on any atom is 0.181 e. The highest BCUT2D eigenvalue weighted by atomic mass is 79.9. The fourth-order valence-electron chi connectivity index (χ4n) is 10.3. The maximum atomic E-state index is 6.62. The summed E-state index contributed by atoms with van der Waals surface area (Å²) >= 11 is 23.3. The highest BCUT2D eigenvalue weighted by molar-refractivity contribution is 9.09. The van der Waals surface area contributed by atoms with Gasteiger partial charge in [-0.15, -0.1) is 45.3 Å². The molecular formula is C62H66Br4N4O8S6. The van der Waals surface area contributed by atoms with Crippen LogP contribution < -0.4 is 37.9 Å². The first kappa shape index (κ1) is 62.0. The Balaban J connectivity index is 0.933. The Hall–Kier alpha value is -3.58. The molecule has 0 unspecified atom stereocenters. The van der Waals surface area contributed by atoms with E-state index in [1.165, 1.54) is 48.8 Å². The first-order chi connectivity index (χ1) is 41.6. The van der Waals surface area contributed by atoms with Crippen LogP contribution in [0.15, 0.2) is 69.4 Å². The van der Waals surface area contributed by atoms with Crippen LogP contribution in [0.2, 0.25) is 0 Å². The minimum Gasteiger partial charge on any atom is -0.493 e. The van der Waals surface area contributed by atoms with E-state index in [1.807, 2.05) is 12.1 Å². The number of unbranched alkanes of at least 4 members (excludes halogenated alkanes) is 12. The molecule has 0 saturated heterocycles. The summed E-state index contributed by atoms with van der Waals surface area (Å²) < 4.78 is 73.0. The lowest BCUT2D eigenvalue weighted by atomic mass is 10.00. The Kier molecular flexibility index (Phi) is 23.3. The number of rotatable bonds is 34. The van der Waals surface area contributed by atoms with Crippen molar-refractivity contribution in [2.45, 2.75) is 103 Å². The number of benzene rings is 3. The second kappa shape index (κ2) is 31.6. The van der Waals surface area contributed by atoms with Gasteiger partial charge in [0.25, 0.3) is 0 Å². The van der Waals surface area contributed by atoms with Crippen LogP contribution in [-0.4, -0.2) is 82.9 Å². The van der Waals surface area contributed by atoms with Crippen molar-refractivity contribution < 1.29 is 37.9 Å². The van der Waals surface area contributed by atoms with Crippen molar-refractivity contribution >= 4 is 155 Å². The molecule has 12 nitrogen and oxygen atoms in total. The molecule has 3 aromatic carbocycles. The SMILES string of the molecule is BrCCCCCCOc1cccc(OCCCCCCBr)c1-c1ccc(-c2sc(-c3c4c(c(-c5sc(-c6ccc(-c7c(OCCCCCCBr)cccc7OCCCCCCBr)s6)c6c5OCCO6)c5nsnc35)N=S=N4)c3c2OCCO3)s1.